The maximum absolute atomic E-state index is 12.7. The summed E-state index contributed by atoms with van der Waals surface area (Å²) in [6, 6.07) is 0. The summed E-state index contributed by atoms with van der Waals surface area (Å²) in [4.78, 5) is 24.2. The Morgan fingerprint density at radius 1 is 0.909 bits per heavy atom. The highest BCUT2D eigenvalue weighted by atomic mass is 16.4. The molecule has 4 nitrogen and oxygen atoms in total. The van der Waals surface area contributed by atoms with Crippen LogP contribution in [0, 0.1) is 16.7 Å². The molecule has 22 heavy (non-hydrogen) atoms. The van der Waals surface area contributed by atoms with Crippen LogP contribution in [0.25, 0.3) is 0 Å². The largest absolute Gasteiger partial charge is 0.481 e. The van der Waals surface area contributed by atoms with Crippen molar-refractivity contribution in [2.45, 2.75) is 82.6 Å². The number of carboxylic acid groups (broad SMARTS) is 1. The van der Waals surface area contributed by atoms with Gasteiger partial charge in [0.05, 0.1) is 5.41 Å². The minimum atomic E-state index is -0.630. The molecular weight excluding hydrogens is 278 g/mol. The normalized spacial score (nSPS) is 42.1. The Balaban J connectivity index is 1.38. The maximum Gasteiger partial charge on any atom is 0.309 e. The lowest BCUT2D eigenvalue weighted by molar-refractivity contribution is -0.157. The lowest BCUT2D eigenvalue weighted by atomic mass is 9.57. The maximum atomic E-state index is 12.7. The van der Waals surface area contributed by atoms with Crippen molar-refractivity contribution in [1.82, 2.24) is 5.32 Å². The van der Waals surface area contributed by atoms with Crippen molar-refractivity contribution >= 4 is 11.9 Å². The second-order valence-corrected chi connectivity index (χ2v) is 8.65. The van der Waals surface area contributed by atoms with Gasteiger partial charge in [0.2, 0.25) is 5.91 Å². The van der Waals surface area contributed by atoms with Crippen LogP contribution in [0.1, 0.15) is 77.0 Å². The topological polar surface area (TPSA) is 66.4 Å². The smallest absolute Gasteiger partial charge is 0.309 e. The van der Waals surface area contributed by atoms with Gasteiger partial charge in [-0.05, 0) is 76.0 Å². The quantitative estimate of drug-likeness (QED) is 0.841. The number of carboxylic acids is 1. The fourth-order valence-electron chi connectivity index (χ4n) is 5.62. The van der Waals surface area contributed by atoms with Crippen LogP contribution in [-0.4, -0.2) is 22.5 Å². The SMILES string of the molecule is O=C(NC12CCC(C(=O)O)(CC1)CC2)C1CCC2(CCC2)C1. The Morgan fingerprint density at radius 3 is 2.00 bits per heavy atom. The summed E-state index contributed by atoms with van der Waals surface area (Å²) in [7, 11) is 0. The molecule has 0 saturated heterocycles. The fraction of sp³-hybridized carbons (Fsp3) is 0.889. The molecule has 122 valence electrons. The van der Waals surface area contributed by atoms with E-state index in [0.717, 1.165) is 51.4 Å². The molecular formula is C18H27NO3. The summed E-state index contributed by atoms with van der Waals surface area (Å²) in [6.45, 7) is 0. The molecule has 2 bridgehead atoms. The zero-order chi connectivity index (χ0) is 15.4. The summed E-state index contributed by atoms with van der Waals surface area (Å²) in [6.07, 6.45) is 12.1. The van der Waals surface area contributed by atoms with E-state index >= 15 is 0 Å². The van der Waals surface area contributed by atoms with E-state index in [4.69, 9.17) is 0 Å². The van der Waals surface area contributed by atoms with Crippen LogP contribution >= 0.6 is 0 Å². The lowest BCUT2D eigenvalue weighted by Gasteiger charge is -2.51. The first-order valence-corrected chi connectivity index (χ1v) is 9.02. The van der Waals surface area contributed by atoms with Gasteiger partial charge < -0.3 is 10.4 Å². The van der Waals surface area contributed by atoms with Gasteiger partial charge >= 0.3 is 5.97 Å². The highest BCUT2D eigenvalue weighted by Crippen LogP contribution is 2.56. The Bertz CT molecular complexity index is 484. The van der Waals surface area contributed by atoms with Gasteiger partial charge in [-0.25, -0.2) is 0 Å². The van der Waals surface area contributed by atoms with Crippen molar-refractivity contribution in [3.8, 4) is 0 Å². The van der Waals surface area contributed by atoms with Gasteiger partial charge in [0, 0.05) is 11.5 Å². The van der Waals surface area contributed by atoms with Crippen LogP contribution in [0.4, 0.5) is 0 Å². The third-order valence-electron chi connectivity index (χ3n) is 7.58. The third kappa shape index (κ3) is 2.10. The van der Waals surface area contributed by atoms with Gasteiger partial charge in [-0.1, -0.05) is 6.42 Å². The monoisotopic (exact) mass is 305 g/mol. The van der Waals surface area contributed by atoms with Crippen LogP contribution in [0.5, 0.6) is 0 Å². The average molecular weight is 305 g/mol. The average Bonchev–Trinajstić information content (AvgIpc) is 2.94. The molecule has 1 amide bonds. The zero-order valence-corrected chi connectivity index (χ0v) is 13.3. The first-order chi connectivity index (χ1) is 10.5. The minimum Gasteiger partial charge on any atom is -0.481 e. The van der Waals surface area contributed by atoms with Gasteiger partial charge in [-0.2, -0.15) is 0 Å². The van der Waals surface area contributed by atoms with Crippen LogP contribution < -0.4 is 5.32 Å². The van der Waals surface area contributed by atoms with Crippen molar-refractivity contribution in [2.24, 2.45) is 16.7 Å². The molecule has 5 saturated carbocycles. The molecule has 5 fully saturated rings. The summed E-state index contributed by atoms with van der Waals surface area (Å²) >= 11 is 0. The lowest BCUT2D eigenvalue weighted by Crippen LogP contribution is -2.59. The number of amides is 1. The van der Waals surface area contributed by atoms with Crippen LogP contribution in [-0.2, 0) is 9.59 Å². The molecule has 1 atom stereocenters. The molecule has 2 N–H and O–H groups in total. The van der Waals surface area contributed by atoms with Crippen molar-refractivity contribution in [1.29, 1.82) is 0 Å². The van der Waals surface area contributed by atoms with Crippen LogP contribution in [0.3, 0.4) is 0 Å². The van der Waals surface area contributed by atoms with Gasteiger partial charge in [0.15, 0.2) is 0 Å². The highest BCUT2D eigenvalue weighted by Gasteiger charge is 2.54. The number of aliphatic carboxylic acids is 1. The Labute approximate surface area is 132 Å². The molecule has 0 radical (unpaired) electrons. The van der Waals surface area contributed by atoms with Crippen LogP contribution in [0.15, 0.2) is 0 Å². The highest BCUT2D eigenvalue weighted by molar-refractivity contribution is 5.80. The number of nitrogens with one attached hydrogen (secondary N) is 1. The van der Waals surface area contributed by atoms with Gasteiger partial charge in [0.1, 0.15) is 0 Å². The standard InChI is InChI=1S/C18H27NO3/c20-14(13-2-5-16(12-13)3-1-4-16)19-18-9-6-17(7-10-18,8-11-18)15(21)22/h13H,1-12H2,(H,19,20)(H,21,22). The molecule has 5 aliphatic rings. The number of carbonyl (C=O) groups is 2. The predicted octanol–water partition coefficient (Wildman–Crippen LogP) is 3.25. The molecule has 5 rings (SSSR count). The molecule has 4 heteroatoms. The summed E-state index contributed by atoms with van der Waals surface area (Å²) < 4.78 is 0. The van der Waals surface area contributed by atoms with E-state index in [1.54, 1.807) is 0 Å². The summed E-state index contributed by atoms with van der Waals surface area (Å²) in [5, 5.41) is 12.8. The molecule has 1 unspecified atom stereocenters. The minimum absolute atomic E-state index is 0.0936. The number of fused-ring (bicyclic) bond motifs is 3. The second-order valence-electron chi connectivity index (χ2n) is 8.65. The molecule has 5 aliphatic carbocycles. The zero-order valence-electron chi connectivity index (χ0n) is 13.3. The second kappa shape index (κ2) is 4.72. The van der Waals surface area contributed by atoms with E-state index in [1.165, 1.54) is 25.7 Å². The third-order valence-corrected chi connectivity index (χ3v) is 7.58. The van der Waals surface area contributed by atoms with E-state index in [1.807, 2.05) is 0 Å². The first-order valence-electron chi connectivity index (χ1n) is 9.02. The van der Waals surface area contributed by atoms with Crippen molar-refractivity contribution < 1.29 is 14.7 Å². The summed E-state index contributed by atoms with van der Waals surface area (Å²) in [5.74, 6) is -0.161. The van der Waals surface area contributed by atoms with Gasteiger partial charge in [-0.3, -0.25) is 9.59 Å². The Kier molecular flexibility index (Phi) is 3.11. The molecule has 0 aromatic heterocycles. The number of hydrogen-bond acceptors (Lipinski definition) is 2. The summed E-state index contributed by atoms with van der Waals surface area (Å²) in [5.41, 5.74) is -0.0727. The van der Waals surface area contributed by atoms with Crippen LogP contribution in [0.2, 0.25) is 0 Å². The first kappa shape index (κ1) is 14.5. The van der Waals surface area contributed by atoms with Gasteiger partial charge in [-0.15, -0.1) is 0 Å². The van der Waals surface area contributed by atoms with E-state index in [2.05, 4.69) is 5.32 Å². The molecule has 1 spiro atoms. The van der Waals surface area contributed by atoms with E-state index in [9.17, 15) is 14.7 Å². The van der Waals surface area contributed by atoms with Crippen molar-refractivity contribution in [2.75, 3.05) is 0 Å². The number of hydrogen-bond donors (Lipinski definition) is 2. The number of carbonyl (C=O) groups excluding carboxylic acids is 1. The Hall–Kier alpha value is -1.06. The van der Waals surface area contributed by atoms with E-state index in [-0.39, 0.29) is 17.4 Å². The van der Waals surface area contributed by atoms with E-state index < -0.39 is 11.4 Å². The van der Waals surface area contributed by atoms with Crippen molar-refractivity contribution in [3.63, 3.8) is 0 Å². The van der Waals surface area contributed by atoms with Crippen molar-refractivity contribution in [3.05, 3.63) is 0 Å². The predicted molar refractivity (Wildman–Crippen MR) is 82.3 cm³/mol. The number of rotatable bonds is 3. The Morgan fingerprint density at radius 2 is 1.55 bits per heavy atom. The molecule has 0 heterocycles. The molecule has 0 aromatic rings. The molecule has 0 aromatic carbocycles. The van der Waals surface area contributed by atoms with Gasteiger partial charge in [0.25, 0.3) is 0 Å². The fourth-order valence-corrected chi connectivity index (χ4v) is 5.62. The molecule has 0 aliphatic heterocycles. The van der Waals surface area contributed by atoms with E-state index in [0.29, 0.717) is 5.41 Å².